The fourth-order valence-corrected chi connectivity index (χ4v) is 2.07. The van der Waals surface area contributed by atoms with Gasteiger partial charge in [0.2, 0.25) is 0 Å². The molecule has 0 spiro atoms. The Bertz CT molecular complexity index is 803. The maximum atomic E-state index is 11.4. The zero-order chi connectivity index (χ0) is 18.9. The van der Waals surface area contributed by atoms with Gasteiger partial charge in [-0.05, 0) is 41.5 Å². The molecule has 8 heteroatoms. The molecule has 0 heterocycles. The maximum absolute atomic E-state index is 11.4. The Morgan fingerprint density at radius 2 is 1.85 bits per heavy atom. The van der Waals surface area contributed by atoms with E-state index in [0.29, 0.717) is 29.2 Å². The van der Waals surface area contributed by atoms with Crippen molar-refractivity contribution in [1.82, 2.24) is 5.43 Å². The average molecular weight is 357 g/mol. The lowest BCUT2D eigenvalue weighted by atomic mass is 10.1. The fourth-order valence-electron chi connectivity index (χ4n) is 2.07. The van der Waals surface area contributed by atoms with Crippen molar-refractivity contribution in [3.05, 3.63) is 59.2 Å². The largest absolute Gasteiger partial charge is 0.493 e. The zero-order valence-corrected chi connectivity index (χ0v) is 14.4. The second kappa shape index (κ2) is 9.07. The molecule has 2 aromatic carbocycles. The first-order valence-electron chi connectivity index (χ1n) is 7.60. The third-order valence-electron chi connectivity index (χ3n) is 3.35. The van der Waals surface area contributed by atoms with E-state index < -0.39 is 6.03 Å². The predicted molar refractivity (Wildman–Crippen MR) is 95.4 cm³/mol. The molecule has 0 atom stereocenters. The van der Waals surface area contributed by atoms with Crippen molar-refractivity contribution in [2.45, 2.75) is 6.61 Å². The molecule has 0 saturated carbocycles. The Labute approximate surface area is 150 Å². The number of amides is 2. The van der Waals surface area contributed by atoms with Gasteiger partial charge in [-0.3, -0.25) is 0 Å². The monoisotopic (exact) mass is 357 g/mol. The van der Waals surface area contributed by atoms with E-state index in [-0.39, 0.29) is 5.97 Å². The number of nitrogens with zero attached hydrogens (tertiary/aromatic N) is 1. The number of esters is 1. The van der Waals surface area contributed by atoms with Crippen molar-refractivity contribution >= 4 is 18.2 Å². The Morgan fingerprint density at radius 1 is 1.12 bits per heavy atom. The number of nitrogens with two attached hydrogens (primary N) is 1. The van der Waals surface area contributed by atoms with E-state index in [4.69, 9.17) is 15.2 Å². The lowest BCUT2D eigenvalue weighted by Crippen LogP contribution is -2.24. The molecule has 8 nitrogen and oxygen atoms in total. The molecule has 0 saturated heterocycles. The first-order chi connectivity index (χ1) is 12.5. The lowest BCUT2D eigenvalue weighted by Gasteiger charge is -2.11. The summed E-state index contributed by atoms with van der Waals surface area (Å²) in [5.74, 6) is 0.672. The van der Waals surface area contributed by atoms with Gasteiger partial charge in [-0.2, -0.15) is 5.10 Å². The van der Waals surface area contributed by atoms with Gasteiger partial charge in [-0.1, -0.05) is 12.1 Å². The van der Waals surface area contributed by atoms with E-state index in [1.165, 1.54) is 20.4 Å². The van der Waals surface area contributed by atoms with Gasteiger partial charge in [0.25, 0.3) is 0 Å². The van der Waals surface area contributed by atoms with Gasteiger partial charge in [0, 0.05) is 0 Å². The van der Waals surface area contributed by atoms with Crippen molar-refractivity contribution < 1.29 is 23.8 Å². The molecular weight excluding hydrogens is 338 g/mol. The number of primary amides is 1. The van der Waals surface area contributed by atoms with Crippen LogP contribution < -0.4 is 20.6 Å². The summed E-state index contributed by atoms with van der Waals surface area (Å²) in [6.45, 7) is 0.300. The van der Waals surface area contributed by atoms with Crippen molar-refractivity contribution in [1.29, 1.82) is 0 Å². The van der Waals surface area contributed by atoms with Crippen LogP contribution in [-0.2, 0) is 11.3 Å². The van der Waals surface area contributed by atoms with Crippen LogP contribution in [0.25, 0.3) is 0 Å². The van der Waals surface area contributed by atoms with E-state index in [2.05, 4.69) is 15.3 Å². The SMILES string of the molecule is COC(=O)c1ccc(COc2ccc(/C=N/NC(N)=O)cc2OC)cc1. The van der Waals surface area contributed by atoms with E-state index in [1.54, 1.807) is 42.5 Å². The molecule has 0 fully saturated rings. The molecule has 3 N–H and O–H groups in total. The normalized spacial score (nSPS) is 10.4. The van der Waals surface area contributed by atoms with Crippen LogP contribution in [0.3, 0.4) is 0 Å². The summed E-state index contributed by atoms with van der Waals surface area (Å²) in [6.07, 6.45) is 1.43. The number of nitrogens with one attached hydrogen (secondary N) is 1. The molecule has 0 bridgehead atoms. The number of hydrazone groups is 1. The number of urea groups is 1. The van der Waals surface area contributed by atoms with Crippen LogP contribution in [0, 0.1) is 0 Å². The van der Waals surface area contributed by atoms with Crippen LogP contribution in [-0.4, -0.2) is 32.4 Å². The standard InChI is InChI=1S/C18H19N3O5/c1-24-16-9-13(10-20-21-18(19)23)5-8-15(16)26-11-12-3-6-14(7-4-12)17(22)25-2/h3-10H,11H2,1-2H3,(H3,19,21,23)/b20-10+. The van der Waals surface area contributed by atoms with Crippen LogP contribution in [0.2, 0.25) is 0 Å². The molecule has 0 aliphatic rings. The summed E-state index contributed by atoms with van der Waals surface area (Å²) in [4.78, 5) is 22.0. The third-order valence-corrected chi connectivity index (χ3v) is 3.35. The highest BCUT2D eigenvalue weighted by molar-refractivity contribution is 5.89. The van der Waals surface area contributed by atoms with Gasteiger partial charge in [0.05, 0.1) is 26.0 Å². The zero-order valence-electron chi connectivity index (χ0n) is 14.4. The summed E-state index contributed by atoms with van der Waals surface area (Å²) in [6, 6.07) is 11.4. The van der Waals surface area contributed by atoms with Gasteiger partial charge in [-0.15, -0.1) is 0 Å². The molecule has 2 amide bonds. The van der Waals surface area contributed by atoms with E-state index in [0.717, 1.165) is 5.56 Å². The minimum absolute atomic E-state index is 0.300. The molecule has 0 unspecified atom stereocenters. The summed E-state index contributed by atoms with van der Waals surface area (Å²) in [5.41, 5.74) is 9.10. The molecule has 136 valence electrons. The second-order valence-corrected chi connectivity index (χ2v) is 5.12. The number of carbonyl (C=O) groups excluding carboxylic acids is 2. The van der Waals surface area contributed by atoms with Gasteiger partial charge < -0.3 is 19.9 Å². The first kappa shape index (κ1) is 18.8. The maximum Gasteiger partial charge on any atom is 0.337 e. The number of hydrogen-bond donors (Lipinski definition) is 2. The molecule has 0 aromatic heterocycles. The third kappa shape index (κ3) is 5.23. The predicted octanol–water partition coefficient (Wildman–Crippen LogP) is 2.06. The van der Waals surface area contributed by atoms with Gasteiger partial charge in [0.1, 0.15) is 6.61 Å². The number of methoxy groups -OCH3 is 2. The van der Waals surface area contributed by atoms with E-state index in [1.807, 2.05) is 0 Å². The smallest absolute Gasteiger partial charge is 0.337 e. The number of benzene rings is 2. The highest BCUT2D eigenvalue weighted by atomic mass is 16.5. The molecule has 2 rings (SSSR count). The topological polar surface area (TPSA) is 112 Å². The Kier molecular flexibility index (Phi) is 6.55. The number of rotatable bonds is 7. The Morgan fingerprint density at radius 3 is 2.46 bits per heavy atom. The van der Waals surface area contributed by atoms with Crippen molar-refractivity contribution in [2.75, 3.05) is 14.2 Å². The van der Waals surface area contributed by atoms with Crippen LogP contribution in [0.1, 0.15) is 21.5 Å². The van der Waals surface area contributed by atoms with Crippen molar-refractivity contribution in [3.63, 3.8) is 0 Å². The average Bonchev–Trinajstić information content (AvgIpc) is 2.66. The van der Waals surface area contributed by atoms with Crippen LogP contribution in [0.4, 0.5) is 4.79 Å². The molecule has 0 aliphatic heterocycles. The van der Waals surface area contributed by atoms with Gasteiger partial charge >= 0.3 is 12.0 Å². The minimum atomic E-state index is -0.744. The summed E-state index contributed by atoms with van der Waals surface area (Å²) in [7, 11) is 2.86. The number of hydrogen-bond acceptors (Lipinski definition) is 6. The number of carbonyl (C=O) groups is 2. The van der Waals surface area contributed by atoms with Crippen LogP contribution >= 0.6 is 0 Å². The first-order valence-corrected chi connectivity index (χ1v) is 7.60. The minimum Gasteiger partial charge on any atom is -0.493 e. The van der Waals surface area contributed by atoms with Crippen LogP contribution in [0.15, 0.2) is 47.6 Å². The van der Waals surface area contributed by atoms with Crippen molar-refractivity contribution in [2.24, 2.45) is 10.8 Å². The Balaban J connectivity index is 2.03. The lowest BCUT2D eigenvalue weighted by molar-refractivity contribution is 0.0600. The van der Waals surface area contributed by atoms with Gasteiger partial charge in [-0.25, -0.2) is 15.0 Å². The van der Waals surface area contributed by atoms with Gasteiger partial charge in [0.15, 0.2) is 11.5 Å². The van der Waals surface area contributed by atoms with E-state index >= 15 is 0 Å². The summed E-state index contributed by atoms with van der Waals surface area (Å²) in [5, 5.41) is 3.69. The van der Waals surface area contributed by atoms with Crippen LogP contribution in [0.5, 0.6) is 11.5 Å². The molecule has 26 heavy (non-hydrogen) atoms. The highest BCUT2D eigenvalue weighted by Gasteiger charge is 2.07. The van der Waals surface area contributed by atoms with Crippen molar-refractivity contribution in [3.8, 4) is 11.5 Å². The van der Waals surface area contributed by atoms with E-state index in [9.17, 15) is 9.59 Å². The Hall–Kier alpha value is -3.55. The fraction of sp³-hybridized carbons (Fsp3) is 0.167. The molecule has 0 radical (unpaired) electrons. The molecule has 2 aromatic rings. The second-order valence-electron chi connectivity index (χ2n) is 5.12. The highest BCUT2D eigenvalue weighted by Crippen LogP contribution is 2.28. The summed E-state index contributed by atoms with van der Waals surface area (Å²) < 4.78 is 15.7. The molecular formula is C18H19N3O5. The number of ether oxygens (including phenoxy) is 3. The quantitative estimate of drug-likeness (QED) is 0.447. The molecule has 0 aliphatic carbocycles. The summed E-state index contributed by atoms with van der Waals surface area (Å²) >= 11 is 0.